The summed E-state index contributed by atoms with van der Waals surface area (Å²) in [4.78, 5) is 18.7. The van der Waals surface area contributed by atoms with Crippen molar-refractivity contribution in [3.63, 3.8) is 0 Å². The van der Waals surface area contributed by atoms with Crippen molar-refractivity contribution in [2.24, 2.45) is 0 Å². The molecule has 7 heteroatoms. The van der Waals surface area contributed by atoms with Gasteiger partial charge in [-0.25, -0.2) is 0 Å². The quantitative estimate of drug-likeness (QED) is 0.555. The van der Waals surface area contributed by atoms with Gasteiger partial charge >= 0.3 is 0 Å². The molecule has 0 saturated heterocycles. The van der Waals surface area contributed by atoms with E-state index in [0.29, 0.717) is 34.5 Å². The van der Waals surface area contributed by atoms with Crippen LogP contribution in [0.3, 0.4) is 0 Å². The van der Waals surface area contributed by atoms with E-state index in [9.17, 15) is 4.79 Å². The first-order valence-electron chi connectivity index (χ1n) is 9.45. The molecule has 29 heavy (non-hydrogen) atoms. The third kappa shape index (κ3) is 4.95. The van der Waals surface area contributed by atoms with Crippen LogP contribution in [0.4, 0.5) is 0 Å². The zero-order valence-electron chi connectivity index (χ0n) is 17.0. The molecule has 3 rings (SSSR count). The average Bonchev–Trinajstić information content (AvgIpc) is 3.16. The van der Waals surface area contributed by atoms with E-state index in [2.05, 4.69) is 10.1 Å². The largest absolute Gasteiger partial charge is 0.481 e. The summed E-state index contributed by atoms with van der Waals surface area (Å²) in [6, 6.07) is 13.1. The number of amides is 1. The standard InChI is InChI=1S/C22H24ClN3O3/c1-5-19(28-16-11-10-14(2)15(3)12-16)22(27)26(4)13-20-24-21(25-29-20)17-8-6-7-9-18(17)23/h6-12,19H,5,13H2,1-4H3/t19-/m0/s1. The van der Waals surface area contributed by atoms with Crippen molar-refractivity contribution >= 4 is 17.5 Å². The summed E-state index contributed by atoms with van der Waals surface area (Å²) in [5, 5.41) is 4.51. The van der Waals surface area contributed by atoms with Crippen molar-refractivity contribution in [2.45, 2.75) is 39.8 Å². The molecule has 0 N–H and O–H groups in total. The maximum Gasteiger partial charge on any atom is 0.263 e. The predicted octanol–water partition coefficient (Wildman–Crippen LogP) is 4.82. The van der Waals surface area contributed by atoms with Gasteiger partial charge in [0.15, 0.2) is 6.10 Å². The molecule has 2 aromatic carbocycles. The summed E-state index contributed by atoms with van der Waals surface area (Å²) in [7, 11) is 1.69. The number of likely N-dealkylation sites (N-methyl/N-ethyl adjacent to an activating group) is 1. The summed E-state index contributed by atoms with van der Waals surface area (Å²) >= 11 is 6.18. The summed E-state index contributed by atoms with van der Waals surface area (Å²) in [5.74, 6) is 1.25. The zero-order valence-corrected chi connectivity index (χ0v) is 17.7. The van der Waals surface area contributed by atoms with Gasteiger partial charge in [0.2, 0.25) is 11.7 Å². The van der Waals surface area contributed by atoms with Crippen molar-refractivity contribution in [3.8, 4) is 17.1 Å². The fourth-order valence-corrected chi connectivity index (χ4v) is 3.08. The monoisotopic (exact) mass is 413 g/mol. The van der Waals surface area contributed by atoms with Gasteiger partial charge in [-0.2, -0.15) is 4.98 Å². The van der Waals surface area contributed by atoms with Crippen LogP contribution in [0.15, 0.2) is 47.0 Å². The van der Waals surface area contributed by atoms with Crippen molar-refractivity contribution in [2.75, 3.05) is 7.05 Å². The SMILES string of the molecule is CC[C@H](Oc1ccc(C)c(C)c1)C(=O)N(C)Cc1nc(-c2ccccc2Cl)no1. The highest BCUT2D eigenvalue weighted by Gasteiger charge is 2.24. The normalized spacial score (nSPS) is 11.9. The van der Waals surface area contributed by atoms with Crippen molar-refractivity contribution in [1.29, 1.82) is 0 Å². The van der Waals surface area contributed by atoms with Gasteiger partial charge in [0, 0.05) is 12.6 Å². The Kier molecular flexibility index (Phi) is 6.54. The number of nitrogens with zero attached hydrogens (tertiary/aromatic N) is 3. The highest BCUT2D eigenvalue weighted by molar-refractivity contribution is 6.33. The minimum absolute atomic E-state index is 0.150. The minimum atomic E-state index is -0.590. The average molecular weight is 414 g/mol. The van der Waals surface area contributed by atoms with E-state index in [1.54, 1.807) is 13.1 Å². The van der Waals surface area contributed by atoms with E-state index in [0.717, 1.165) is 5.56 Å². The third-order valence-electron chi connectivity index (χ3n) is 4.73. The number of halogens is 1. The molecule has 1 amide bonds. The Hall–Kier alpha value is -2.86. The molecule has 0 saturated carbocycles. The van der Waals surface area contributed by atoms with E-state index in [1.165, 1.54) is 10.5 Å². The van der Waals surface area contributed by atoms with Gasteiger partial charge in [-0.3, -0.25) is 4.79 Å². The molecule has 3 aromatic rings. The Bertz CT molecular complexity index is 1000. The zero-order chi connectivity index (χ0) is 21.0. The molecule has 0 spiro atoms. The van der Waals surface area contributed by atoms with Gasteiger partial charge in [-0.1, -0.05) is 41.9 Å². The first-order chi connectivity index (χ1) is 13.9. The second kappa shape index (κ2) is 9.09. The molecule has 0 bridgehead atoms. The summed E-state index contributed by atoms with van der Waals surface area (Å²) in [6.45, 7) is 6.16. The predicted molar refractivity (Wildman–Crippen MR) is 112 cm³/mol. The van der Waals surface area contributed by atoms with Crippen LogP contribution in [0, 0.1) is 13.8 Å². The molecule has 1 atom stereocenters. The van der Waals surface area contributed by atoms with E-state index in [4.69, 9.17) is 20.9 Å². The first kappa shape index (κ1) is 20.9. The number of benzene rings is 2. The van der Waals surface area contributed by atoms with Crippen LogP contribution in [-0.4, -0.2) is 34.1 Å². The lowest BCUT2D eigenvalue weighted by Crippen LogP contribution is -2.39. The Balaban J connectivity index is 1.67. The molecule has 152 valence electrons. The van der Waals surface area contributed by atoms with E-state index >= 15 is 0 Å². The topological polar surface area (TPSA) is 68.5 Å². The molecule has 0 aliphatic heterocycles. The van der Waals surface area contributed by atoms with Crippen LogP contribution in [-0.2, 0) is 11.3 Å². The molecular weight excluding hydrogens is 390 g/mol. The van der Waals surface area contributed by atoms with E-state index < -0.39 is 6.10 Å². The van der Waals surface area contributed by atoms with Gasteiger partial charge in [0.25, 0.3) is 5.91 Å². The summed E-state index contributed by atoms with van der Waals surface area (Å²) in [6.07, 6.45) is -0.0433. The van der Waals surface area contributed by atoms with Gasteiger partial charge in [-0.15, -0.1) is 0 Å². The summed E-state index contributed by atoms with van der Waals surface area (Å²) in [5.41, 5.74) is 2.98. The number of carbonyl (C=O) groups excluding carboxylic acids is 1. The highest BCUT2D eigenvalue weighted by Crippen LogP contribution is 2.25. The number of ether oxygens (including phenoxy) is 1. The highest BCUT2D eigenvalue weighted by atomic mass is 35.5. The maximum absolute atomic E-state index is 12.9. The minimum Gasteiger partial charge on any atom is -0.481 e. The fraction of sp³-hybridized carbons (Fsp3) is 0.318. The molecule has 0 unspecified atom stereocenters. The molecule has 1 aromatic heterocycles. The van der Waals surface area contributed by atoms with E-state index in [-0.39, 0.29) is 12.5 Å². The number of hydrogen-bond acceptors (Lipinski definition) is 5. The molecule has 6 nitrogen and oxygen atoms in total. The van der Waals surface area contributed by atoms with Gasteiger partial charge in [0.1, 0.15) is 5.75 Å². The molecule has 0 aliphatic rings. The maximum atomic E-state index is 12.9. The number of rotatable bonds is 7. The van der Waals surface area contributed by atoms with Gasteiger partial charge in [-0.05, 0) is 55.7 Å². The second-order valence-electron chi connectivity index (χ2n) is 6.95. The van der Waals surface area contributed by atoms with Crippen molar-refractivity contribution < 1.29 is 14.1 Å². The third-order valence-corrected chi connectivity index (χ3v) is 5.06. The van der Waals surface area contributed by atoms with Crippen LogP contribution >= 0.6 is 11.6 Å². The number of carbonyl (C=O) groups is 1. The Morgan fingerprint density at radius 3 is 2.66 bits per heavy atom. The van der Waals surface area contributed by atoms with Crippen LogP contribution < -0.4 is 4.74 Å². The molecule has 1 heterocycles. The molecule has 0 fully saturated rings. The fourth-order valence-electron chi connectivity index (χ4n) is 2.86. The van der Waals surface area contributed by atoms with Crippen LogP contribution in [0.2, 0.25) is 5.02 Å². The smallest absolute Gasteiger partial charge is 0.263 e. The lowest BCUT2D eigenvalue weighted by molar-refractivity contribution is -0.138. The Labute approximate surface area is 175 Å². The van der Waals surface area contributed by atoms with E-state index in [1.807, 2.05) is 57.2 Å². The lowest BCUT2D eigenvalue weighted by Gasteiger charge is -2.23. The van der Waals surface area contributed by atoms with Gasteiger partial charge in [0.05, 0.1) is 11.6 Å². The number of aryl methyl sites for hydroxylation is 2. The van der Waals surface area contributed by atoms with Crippen molar-refractivity contribution in [1.82, 2.24) is 15.0 Å². The lowest BCUT2D eigenvalue weighted by atomic mass is 10.1. The van der Waals surface area contributed by atoms with Crippen LogP contribution in [0.25, 0.3) is 11.4 Å². The first-order valence-corrected chi connectivity index (χ1v) is 9.83. The van der Waals surface area contributed by atoms with Crippen molar-refractivity contribution in [3.05, 3.63) is 64.5 Å². The van der Waals surface area contributed by atoms with Gasteiger partial charge < -0.3 is 14.2 Å². The Morgan fingerprint density at radius 2 is 1.97 bits per heavy atom. The van der Waals surface area contributed by atoms with Crippen LogP contribution in [0.1, 0.15) is 30.4 Å². The molecule has 0 aliphatic carbocycles. The second-order valence-corrected chi connectivity index (χ2v) is 7.35. The molecule has 0 radical (unpaired) electrons. The summed E-state index contributed by atoms with van der Waals surface area (Å²) < 4.78 is 11.2. The van der Waals surface area contributed by atoms with Crippen LogP contribution in [0.5, 0.6) is 5.75 Å². The Morgan fingerprint density at radius 1 is 1.21 bits per heavy atom. The molecular formula is C22H24ClN3O3. The number of hydrogen-bond donors (Lipinski definition) is 0. The number of aromatic nitrogens is 2.